The number of urea groups is 1. The van der Waals surface area contributed by atoms with Crippen molar-refractivity contribution in [3.05, 3.63) is 54.1 Å². The maximum atomic E-state index is 12.9. The third-order valence-electron chi connectivity index (χ3n) is 4.62. The minimum absolute atomic E-state index is 0.000502. The first-order valence-corrected chi connectivity index (χ1v) is 11.4. The molecule has 1 N–H and O–H groups in total. The molecule has 30 heavy (non-hydrogen) atoms. The van der Waals surface area contributed by atoms with Crippen LogP contribution in [0.15, 0.2) is 48.5 Å². The lowest BCUT2D eigenvalue weighted by Gasteiger charge is -2.26. The quantitative estimate of drug-likeness (QED) is 0.641. The van der Waals surface area contributed by atoms with Crippen LogP contribution in [0.3, 0.4) is 0 Å². The Labute approximate surface area is 176 Å². The summed E-state index contributed by atoms with van der Waals surface area (Å²) in [5.41, 5.74) is 1.51. The van der Waals surface area contributed by atoms with E-state index in [0.717, 1.165) is 24.7 Å². The first-order valence-electron chi connectivity index (χ1n) is 9.62. The lowest BCUT2D eigenvalue weighted by Crippen LogP contribution is -2.39. The maximum Gasteiger partial charge on any atom is 0.322 e. The molecule has 1 saturated heterocycles. The minimum Gasteiger partial charge on any atom is -0.497 e. The van der Waals surface area contributed by atoms with Gasteiger partial charge in [0, 0.05) is 25.4 Å². The predicted molar refractivity (Wildman–Crippen MR) is 113 cm³/mol. The van der Waals surface area contributed by atoms with Crippen molar-refractivity contribution in [2.24, 2.45) is 0 Å². The molecule has 2 aromatic rings. The van der Waals surface area contributed by atoms with Crippen molar-refractivity contribution in [2.45, 2.75) is 25.5 Å². The molecule has 0 saturated carbocycles. The Morgan fingerprint density at radius 2 is 1.80 bits per heavy atom. The van der Waals surface area contributed by atoms with Gasteiger partial charge in [-0.15, -0.1) is 0 Å². The minimum atomic E-state index is -3.58. The summed E-state index contributed by atoms with van der Waals surface area (Å²) >= 11 is 0. The number of amides is 2. The Bertz CT molecular complexity index is 938. The highest BCUT2D eigenvalue weighted by atomic mass is 32.2. The van der Waals surface area contributed by atoms with Gasteiger partial charge in [0.15, 0.2) is 0 Å². The SMILES string of the molecule is COc1ccc(NC(=O)N(Cc2ccc(OS(C)(=O)=O)cc2)CC2CCCO2)cc1. The summed E-state index contributed by atoms with van der Waals surface area (Å²) in [5, 5.41) is 2.90. The molecule has 1 aliphatic heterocycles. The lowest BCUT2D eigenvalue weighted by molar-refractivity contribution is 0.0819. The van der Waals surface area contributed by atoms with E-state index in [4.69, 9.17) is 13.7 Å². The molecule has 162 valence electrons. The summed E-state index contributed by atoms with van der Waals surface area (Å²) in [7, 11) is -2.00. The molecule has 9 heteroatoms. The van der Waals surface area contributed by atoms with Crippen molar-refractivity contribution in [3.8, 4) is 11.5 Å². The highest BCUT2D eigenvalue weighted by Gasteiger charge is 2.23. The van der Waals surface area contributed by atoms with E-state index in [1.165, 1.54) is 0 Å². The molecule has 1 atom stereocenters. The van der Waals surface area contributed by atoms with Gasteiger partial charge in [0.05, 0.1) is 19.5 Å². The Morgan fingerprint density at radius 3 is 2.37 bits per heavy atom. The highest BCUT2D eigenvalue weighted by Crippen LogP contribution is 2.20. The second-order valence-electron chi connectivity index (χ2n) is 7.11. The Hall–Kier alpha value is -2.78. The van der Waals surface area contributed by atoms with E-state index in [0.29, 0.717) is 31.1 Å². The van der Waals surface area contributed by atoms with Crippen molar-refractivity contribution < 1.29 is 26.9 Å². The average molecular weight is 435 g/mol. The molecule has 0 aromatic heterocycles. The van der Waals surface area contributed by atoms with Gasteiger partial charge >= 0.3 is 16.1 Å². The van der Waals surface area contributed by atoms with Gasteiger partial charge in [-0.1, -0.05) is 12.1 Å². The molecule has 1 aliphatic rings. The molecule has 1 heterocycles. The summed E-state index contributed by atoms with van der Waals surface area (Å²) < 4.78 is 38.2. The molecule has 0 spiro atoms. The number of methoxy groups -OCH3 is 1. The van der Waals surface area contributed by atoms with Crippen LogP contribution in [-0.4, -0.2) is 52.0 Å². The average Bonchev–Trinajstić information content (AvgIpc) is 3.21. The molecular formula is C21H26N2O6S. The Morgan fingerprint density at radius 1 is 1.13 bits per heavy atom. The molecule has 1 unspecified atom stereocenters. The summed E-state index contributed by atoms with van der Waals surface area (Å²) in [5.74, 6) is 0.940. The van der Waals surface area contributed by atoms with Crippen molar-refractivity contribution in [1.82, 2.24) is 4.90 Å². The zero-order chi connectivity index (χ0) is 21.6. The monoisotopic (exact) mass is 434 g/mol. The number of hydrogen-bond donors (Lipinski definition) is 1. The van der Waals surface area contributed by atoms with Crippen LogP contribution in [0.1, 0.15) is 18.4 Å². The van der Waals surface area contributed by atoms with E-state index in [-0.39, 0.29) is 17.9 Å². The van der Waals surface area contributed by atoms with Crippen molar-refractivity contribution in [3.63, 3.8) is 0 Å². The molecule has 0 bridgehead atoms. The summed E-state index contributed by atoms with van der Waals surface area (Å²) in [6.07, 6.45) is 2.89. The number of carbonyl (C=O) groups is 1. The number of ether oxygens (including phenoxy) is 2. The van der Waals surface area contributed by atoms with E-state index in [1.54, 1.807) is 60.5 Å². The van der Waals surface area contributed by atoms with Crippen LogP contribution in [0, 0.1) is 0 Å². The number of rotatable bonds is 8. The number of anilines is 1. The van der Waals surface area contributed by atoms with E-state index in [9.17, 15) is 13.2 Å². The van der Waals surface area contributed by atoms with E-state index in [1.807, 2.05) is 0 Å². The number of nitrogens with zero attached hydrogens (tertiary/aromatic N) is 1. The van der Waals surface area contributed by atoms with Crippen molar-refractivity contribution in [2.75, 3.05) is 31.8 Å². The van der Waals surface area contributed by atoms with Crippen LogP contribution in [0.2, 0.25) is 0 Å². The highest BCUT2D eigenvalue weighted by molar-refractivity contribution is 7.86. The molecular weight excluding hydrogens is 408 g/mol. The van der Waals surface area contributed by atoms with Crippen LogP contribution in [0.4, 0.5) is 10.5 Å². The topological polar surface area (TPSA) is 94.2 Å². The molecule has 3 rings (SSSR count). The summed E-state index contributed by atoms with van der Waals surface area (Å²) in [4.78, 5) is 14.6. The number of carbonyl (C=O) groups excluding carboxylic acids is 1. The zero-order valence-electron chi connectivity index (χ0n) is 17.0. The fourth-order valence-corrected chi connectivity index (χ4v) is 3.64. The van der Waals surface area contributed by atoms with Crippen molar-refractivity contribution in [1.29, 1.82) is 0 Å². The smallest absolute Gasteiger partial charge is 0.322 e. The standard InChI is InChI=1S/C21H26N2O6S/c1-27-18-11-7-17(8-12-18)22-21(24)23(15-20-4-3-13-28-20)14-16-5-9-19(10-6-16)29-30(2,25)26/h5-12,20H,3-4,13-15H2,1-2H3,(H,22,24). The molecule has 1 fully saturated rings. The first-order chi connectivity index (χ1) is 14.3. The molecule has 0 radical (unpaired) electrons. The van der Waals surface area contributed by atoms with Crippen LogP contribution >= 0.6 is 0 Å². The molecule has 8 nitrogen and oxygen atoms in total. The normalized spacial score (nSPS) is 16.1. The fraction of sp³-hybridized carbons (Fsp3) is 0.381. The first kappa shape index (κ1) is 21.9. The molecule has 0 aliphatic carbocycles. The van der Waals surface area contributed by atoms with Crippen molar-refractivity contribution >= 4 is 21.8 Å². The van der Waals surface area contributed by atoms with Gasteiger partial charge in [-0.25, -0.2) is 4.79 Å². The van der Waals surface area contributed by atoms with Gasteiger partial charge in [-0.2, -0.15) is 8.42 Å². The van der Waals surface area contributed by atoms with E-state index < -0.39 is 10.1 Å². The Balaban J connectivity index is 1.70. The summed E-state index contributed by atoms with van der Waals surface area (Å²) in [6, 6.07) is 13.5. The van der Waals surface area contributed by atoms with E-state index >= 15 is 0 Å². The van der Waals surface area contributed by atoms with Gasteiger partial charge in [0.2, 0.25) is 0 Å². The fourth-order valence-electron chi connectivity index (χ4n) is 3.18. The summed E-state index contributed by atoms with van der Waals surface area (Å²) in [6.45, 7) is 1.51. The van der Waals surface area contributed by atoms with Crippen LogP contribution in [0.25, 0.3) is 0 Å². The van der Waals surface area contributed by atoms with Gasteiger partial charge in [-0.05, 0) is 54.8 Å². The molecule has 2 aromatic carbocycles. The lowest BCUT2D eigenvalue weighted by atomic mass is 10.2. The van der Waals surface area contributed by atoms with Crippen LogP contribution in [0.5, 0.6) is 11.5 Å². The third-order valence-corrected chi connectivity index (χ3v) is 5.12. The number of nitrogens with one attached hydrogen (secondary N) is 1. The third kappa shape index (κ3) is 6.64. The predicted octanol–water partition coefficient (Wildman–Crippen LogP) is 3.25. The molecule has 2 amide bonds. The number of hydrogen-bond acceptors (Lipinski definition) is 6. The zero-order valence-corrected chi connectivity index (χ0v) is 17.9. The second kappa shape index (κ2) is 9.82. The van der Waals surface area contributed by atoms with Gasteiger partial charge < -0.3 is 23.9 Å². The number of benzene rings is 2. The largest absolute Gasteiger partial charge is 0.497 e. The Kier molecular flexibility index (Phi) is 7.17. The second-order valence-corrected chi connectivity index (χ2v) is 8.68. The van der Waals surface area contributed by atoms with Gasteiger partial charge in [-0.3, -0.25) is 0 Å². The van der Waals surface area contributed by atoms with Crippen LogP contribution < -0.4 is 14.2 Å². The van der Waals surface area contributed by atoms with Crippen LogP contribution in [-0.2, 0) is 21.4 Å². The maximum absolute atomic E-state index is 12.9. The van der Waals surface area contributed by atoms with E-state index in [2.05, 4.69) is 5.32 Å². The van der Waals surface area contributed by atoms with Gasteiger partial charge in [0.25, 0.3) is 0 Å². The van der Waals surface area contributed by atoms with Gasteiger partial charge in [0.1, 0.15) is 11.5 Å².